The van der Waals surface area contributed by atoms with Crippen LogP contribution in [0.5, 0.6) is 11.5 Å². The van der Waals surface area contributed by atoms with Crippen LogP contribution in [-0.4, -0.2) is 20.8 Å². The highest BCUT2D eigenvalue weighted by molar-refractivity contribution is 6.33. The van der Waals surface area contributed by atoms with Crippen LogP contribution in [-0.2, 0) is 11.3 Å². The predicted octanol–water partition coefficient (Wildman–Crippen LogP) is 4.95. The van der Waals surface area contributed by atoms with Crippen LogP contribution >= 0.6 is 11.6 Å². The smallest absolute Gasteiger partial charge is 0.125 e. The van der Waals surface area contributed by atoms with E-state index in [1.807, 2.05) is 36.4 Å². The van der Waals surface area contributed by atoms with Crippen LogP contribution in [0.2, 0.25) is 5.02 Å². The quantitative estimate of drug-likeness (QED) is 0.722. The van der Waals surface area contributed by atoms with Crippen molar-refractivity contribution in [3.8, 4) is 22.6 Å². The average molecular weight is 321 g/mol. The van der Waals surface area contributed by atoms with E-state index in [4.69, 9.17) is 25.8 Å². The Morgan fingerprint density at radius 2 is 1.86 bits per heavy atom. The van der Waals surface area contributed by atoms with Gasteiger partial charge in [0.2, 0.25) is 0 Å². The van der Waals surface area contributed by atoms with Crippen LogP contribution in [0.4, 0.5) is 0 Å². The maximum atomic E-state index is 6.35. The third-order valence-corrected chi connectivity index (χ3v) is 3.63. The molecule has 118 valence electrons. The maximum absolute atomic E-state index is 6.35. The second-order valence-corrected chi connectivity index (χ2v) is 5.36. The van der Waals surface area contributed by atoms with Crippen LogP contribution in [0.15, 0.2) is 36.4 Å². The summed E-state index contributed by atoms with van der Waals surface area (Å²) in [4.78, 5) is 0. The van der Waals surface area contributed by atoms with Crippen LogP contribution in [0.1, 0.15) is 18.9 Å². The highest BCUT2D eigenvalue weighted by Gasteiger charge is 2.10. The summed E-state index contributed by atoms with van der Waals surface area (Å²) in [5, 5.41) is 0.653. The van der Waals surface area contributed by atoms with Gasteiger partial charge in [-0.2, -0.15) is 0 Å². The lowest BCUT2D eigenvalue weighted by Gasteiger charge is -2.13. The van der Waals surface area contributed by atoms with Crippen molar-refractivity contribution in [1.82, 2.24) is 0 Å². The normalized spacial score (nSPS) is 10.5. The van der Waals surface area contributed by atoms with Crippen LogP contribution < -0.4 is 9.47 Å². The first-order valence-corrected chi connectivity index (χ1v) is 7.66. The molecule has 0 aromatic heterocycles. The van der Waals surface area contributed by atoms with Crippen molar-refractivity contribution in [3.63, 3.8) is 0 Å². The molecule has 0 amide bonds. The van der Waals surface area contributed by atoms with Gasteiger partial charge in [-0.1, -0.05) is 30.7 Å². The molecule has 2 rings (SSSR count). The monoisotopic (exact) mass is 320 g/mol. The molecule has 2 aromatic carbocycles. The van der Waals surface area contributed by atoms with E-state index < -0.39 is 0 Å². The second kappa shape index (κ2) is 8.06. The number of ether oxygens (including phenoxy) is 3. The molecule has 0 N–H and O–H groups in total. The fourth-order valence-corrected chi connectivity index (χ4v) is 2.48. The van der Waals surface area contributed by atoms with Crippen molar-refractivity contribution in [2.45, 2.75) is 20.0 Å². The van der Waals surface area contributed by atoms with Gasteiger partial charge in [-0.05, 0) is 36.2 Å². The van der Waals surface area contributed by atoms with Gasteiger partial charge in [0, 0.05) is 18.2 Å². The highest BCUT2D eigenvalue weighted by atomic mass is 35.5. The van der Waals surface area contributed by atoms with Gasteiger partial charge in [0.15, 0.2) is 0 Å². The fourth-order valence-electron chi connectivity index (χ4n) is 2.20. The molecule has 0 saturated heterocycles. The molecule has 0 bridgehead atoms. The molecular weight excluding hydrogens is 300 g/mol. The van der Waals surface area contributed by atoms with E-state index in [0.717, 1.165) is 34.6 Å². The zero-order chi connectivity index (χ0) is 15.9. The van der Waals surface area contributed by atoms with Crippen molar-refractivity contribution < 1.29 is 14.2 Å². The summed E-state index contributed by atoms with van der Waals surface area (Å²) < 4.78 is 16.3. The molecule has 0 saturated carbocycles. The molecule has 3 nitrogen and oxygen atoms in total. The Kier molecular flexibility index (Phi) is 6.10. The largest absolute Gasteiger partial charge is 0.497 e. The lowest BCUT2D eigenvalue weighted by atomic mass is 10.0. The molecule has 0 heterocycles. The Balaban J connectivity index is 2.38. The van der Waals surface area contributed by atoms with Gasteiger partial charge in [0.25, 0.3) is 0 Å². The summed E-state index contributed by atoms with van der Waals surface area (Å²) in [7, 11) is 3.30. The average Bonchev–Trinajstić information content (AvgIpc) is 2.54. The minimum Gasteiger partial charge on any atom is -0.497 e. The van der Waals surface area contributed by atoms with Crippen molar-refractivity contribution in [3.05, 3.63) is 47.0 Å². The molecular formula is C18H21ClO3. The molecule has 22 heavy (non-hydrogen) atoms. The molecule has 0 unspecified atom stereocenters. The van der Waals surface area contributed by atoms with E-state index in [1.54, 1.807) is 14.2 Å². The van der Waals surface area contributed by atoms with Gasteiger partial charge in [-0.25, -0.2) is 0 Å². The molecule has 2 aromatic rings. The van der Waals surface area contributed by atoms with Crippen LogP contribution in [0.3, 0.4) is 0 Å². The van der Waals surface area contributed by atoms with Crippen LogP contribution in [0, 0.1) is 0 Å². The first-order valence-electron chi connectivity index (χ1n) is 7.28. The zero-order valence-electron chi connectivity index (χ0n) is 13.2. The summed E-state index contributed by atoms with van der Waals surface area (Å²) in [5.41, 5.74) is 3.00. The minimum atomic E-state index is 0.523. The lowest BCUT2D eigenvalue weighted by molar-refractivity contribution is 0.180. The van der Waals surface area contributed by atoms with Gasteiger partial charge >= 0.3 is 0 Å². The van der Waals surface area contributed by atoms with E-state index in [1.165, 1.54) is 0 Å². The number of halogens is 1. The number of hydrogen-bond donors (Lipinski definition) is 0. The standard InChI is InChI=1S/C18H21ClO3/c1-4-9-22-18-10-13(5-6-14(18)12-20-2)16-8-7-15(21-3)11-17(16)19/h5-8,10-11H,4,9,12H2,1-3H3. The molecule has 0 aliphatic carbocycles. The summed E-state index contributed by atoms with van der Waals surface area (Å²) in [5.74, 6) is 1.58. The third-order valence-electron chi connectivity index (χ3n) is 3.32. The molecule has 0 aliphatic heterocycles. The van der Waals surface area contributed by atoms with E-state index in [9.17, 15) is 0 Å². The lowest BCUT2D eigenvalue weighted by Crippen LogP contribution is -2.00. The fraction of sp³-hybridized carbons (Fsp3) is 0.333. The van der Waals surface area contributed by atoms with Gasteiger partial charge in [-0.15, -0.1) is 0 Å². The summed E-state index contributed by atoms with van der Waals surface area (Å²) in [6.45, 7) is 3.28. The SMILES string of the molecule is CCCOc1cc(-c2ccc(OC)cc2Cl)ccc1COC. The first-order chi connectivity index (χ1) is 10.7. The topological polar surface area (TPSA) is 27.7 Å². The number of hydrogen-bond acceptors (Lipinski definition) is 3. The van der Waals surface area contributed by atoms with Crippen molar-refractivity contribution in [2.24, 2.45) is 0 Å². The third kappa shape index (κ3) is 3.93. The summed E-state index contributed by atoms with van der Waals surface area (Å²) in [6, 6.07) is 11.7. The second-order valence-electron chi connectivity index (χ2n) is 4.95. The molecule has 0 aliphatic rings. The van der Waals surface area contributed by atoms with E-state index in [-0.39, 0.29) is 0 Å². The number of rotatable bonds is 7. The summed E-state index contributed by atoms with van der Waals surface area (Å²) in [6.07, 6.45) is 0.958. The molecule has 4 heteroatoms. The maximum Gasteiger partial charge on any atom is 0.125 e. The Morgan fingerprint density at radius 3 is 2.50 bits per heavy atom. The predicted molar refractivity (Wildman–Crippen MR) is 89.9 cm³/mol. The van der Waals surface area contributed by atoms with Crippen molar-refractivity contribution in [1.29, 1.82) is 0 Å². The van der Waals surface area contributed by atoms with Crippen molar-refractivity contribution >= 4 is 11.6 Å². The van der Waals surface area contributed by atoms with E-state index in [0.29, 0.717) is 18.2 Å². The van der Waals surface area contributed by atoms with Gasteiger partial charge in [0.1, 0.15) is 11.5 Å². The zero-order valence-corrected chi connectivity index (χ0v) is 13.9. The summed E-state index contributed by atoms with van der Waals surface area (Å²) >= 11 is 6.35. The minimum absolute atomic E-state index is 0.523. The Morgan fingerprint density at radius 1 is 1.05 bits per heavy atom. The van der Waals surface area contributed by atoms with Gasteiger partial charge < -0.3 is 14.2 Å². The molecule has 0 atom stereocenters. The Hall–Kier alpha value is -1.71. The van der Waals surface area contributed by atoms with Crippen LogP contribution in [0.25, 0.3) is 11.1 Å². The van der Waals surface area contributed by atoms with Crippen molar-refractivity contribution in [2.75, 3.05) is 20.8 Å². The van der Waals surface area contributed by atoms with Gasteiger partial charge in [-0.3, -0.25) is 0 Å². The Bertz CT molecular complexity index is 626. The molecule has 0 fully saturated rings. The molecule has 0 radical (unpaired) electrons. The highest BCUT2D eigenvalue weighted by Crippen LogP contribution is 2.34. The molecule has 0 spiro atoms. The number of benzene rings is 2. The number of methoxy groups -OCH3 is 2. The van der Waals surface area contributed by atoms with Gasteiger partial charge in [0.05, 0.1) is 25.3 Å². The first kappa shape index (κ1) is 16.7. The Labute approximate surface area is 136 Å². The van der Waals surface area contributed by atoms with E-state index in [2.05, 4.69) is 6.92 Å². The van der Waals surface area contributed by atoms with E-state index >= 15 is 0 Å².